The highest BCUT2D eigenvalue weighted by molar-refractivity contribution is 9.10. The molecule has 6 aromatic rings. The third-order valence-electron chi connectivity index (χ3n) is 7.78. The Labute approximate surface area is 211 Å². The summed E-state index contributed by atoms with van der Waals surface area (Å²) >= 11 is 3.71. The number of halogens is 1. The molecule has 2 aliphatic carbocycles. The van der Waals surface area contributed by atoms with Crippen LogP contribution in [0.25, 0.3) is 45.2 Å². The highest BCUT2D eigenvalue weighted by atomic mass is 79.9. The number of benzene rings is 5. The molecule has 2 aliphatic rings. The minimum absolute atomic E-state index is 0.435. The molecule has 0 amide bonds. The van der Waals surface area contributed by atoms with Gasteiger partial charge < -0.3 is 4.42 Å². The summed E-state index contributed by atoms with van der Waals surface area (Å²) in [6, 6.07) is 37.3. The van der Waals surface area contributed by atoms with Crippen molar-refractivity contribution in [3.63, 3.8) is 0 Å². The number of hydrogen-bond donors (Lipinski definition) is 0. The van der Waals surface area contributed by atoms with Crippen LogP contribution in [0.15, 0.2) is 112 Å². The second-order valence-electron chi connectivity index (χ2n) is 9.41. The van der Waals surface area contributed by atoms with Gasteiger partial charge in [0.05, 0.1) is 5.41 Å². The van der Waals surface area contributed by atoms with Crippen molar-refractivity contribution in [3.8, 4) is 11.1 Å². The van der Waals surface area contributed by atoms with E-state index in [-0.39, 0.29) is 0 Å². The first-order valence-electron chi connectivity index (χ1n) is 11.9. The SMILES string of the molecule is Brc1ccc2c(c1)C=Cc1ccccc1C21c2ccccc2-c2c1ccc1c2oc2ccccc21. The molecule has 1 heterocycles. The van der Waals surface area contributed by atoms with E-state index in [1.54, 1.807) is 0 Å². The van der Waals surface area contributed by atoms with Crippen LogP contribution in [0.1, 0.15) is 33.4 Å². The lowest BCUT2D eigenvalue weighted by atomic mass is 9.66. The summed E-state index contributed by atoms with van der Waals surface area (Å²) in [5.74, 6) is 0. The summed E-state index contributed by atoms with van der Waals surface area (Å²) in [7, 11) is 0. The molecule has 0 aliphatic heterocycles. The molecule has 0 N–H and O–H groups in total. The van der Waals surface area contributed by atoms with E-state index in [9.17, 15) is 0 Å². The van der Waals surface area contributed by atoms with E-state index in [0.717, 1.165) is 21.0 Å². The van der Waals surface area contributed by atoms with Crippen LogP contribution in [-0.4, -0.2) is 0 Å². The summed E-state index contributed by atoms with van der Waals surface area (Å²) in [4.78, 5) is 0. The van der Waals surface area contributed by atoms with E-state index in [4.69, 9.17) is 4.42 Å². The van der Waals surface area contributed by atoms with Crippen LogP contribution in [-0.2, 0) is 5.41 Å². The Bertz CT molecular complexity index is 1870. The number of rotatable bonds is 0. The summed E-state index contributed by atoms with van der Waals surface area (Å²) in [6.45, 7) is 0. The van der Waals surface area contributed by atoms with Crippen molar-refractivity contribution < 1.29 is 4.42 Å². The predicted octanol–water partition coefficient (Wildman–Crippen LogP) is 9.20. The van der Waals surface area contributed by atoms with Crippen molar-refractivity contribution >= 4 is 50.0 Å². The fraction of sp³-hybridized carbons (Fsp3) is 0.0303. The minimum atomic E-state index is -0.435. The Morgan fingerprint density at radius 1 is 0.571 bits per heavy atom. The monoisotopic (exact) mass is 510 g/mol. The molecule has 0 fully saturated rings. The van der Waals surface area contributed by atoms with Crippen LogP contribution in [0.2, 0.25) is 0 Å². The molecule has 0 saturated carbocycles. The topological polar surface area (TPSA) is 13.1 Å². The first kappa shape index (κ1) is 19.4. The second kappa shape index (κ2) is 6.84. The molecule has 0 saturated heterocycles. The second-order valence-corrected chi connectivity index (χ2v) is 10.3. The van der Waals surface area contributed by atoms with Gasteiger partial charge in [-0.2, -0.15) is 0 Å². The normalized spacial score (nSPS) is 17.3. The standard InChI is InChI=1S/C33H19BrO/c34-22-15-17-27-21(19-22)14-13-20-7-1-4-10-26(20)33(27)28-11-5-2-9-25(28)31-29(33)18-16-24-23-8-3-6-12-30(23)35-32(24)31/h1-19H. The minimum Gasteiger partial charge on any atom is -0.455 e. The van der Waals surface area contributed by atoms with Crippen molar-refractivity contribution in [2.24, 2.45) is 0 Å². The van der Waals surface area contributed by atoms with Crippen LogP contribution in [0, 0.1) is 0 Å². The van der Waals surface area contributed by atoms with Crippen LogP contribution in [0.3, 0.4) is 0 Å². The highest BCUT2D eigenvalue weighted by Crippen LogP contribution is 2.60. The zero-order valence-corrected chi connectivity index (χ0v) is 20.3. The Hall–Kier alpha value is -3.88. The molecule has 0 bridgehead atoms. The van der Waals surface area contributed by atoms with Gasteiger partial charge in [0, 0.05) is 20.8 Å². The molecular weight excluding hydrogens is 492 g/mol. The highest BCUT2D eigenvalue weighted by Gasteiger charge is 2.49. The summed E-state index contributed by atoms with van der Waals surface area (Å²) in [6.07, 6.45) is 4.52. The first-order valence-corrected chi connectivity index (χ1v) is 12.7. The molecule has 1 atom stereocenters. The van der Waals surface area contributed by atoms with Crippen LogP contribution in [0.4, 0.5) is 0 Å². The number of fused-ring (bicyclic) bond motifs is 13. The molecular formula is C33H19BrO. The zero-order chi connectivity index (χ0) is 23.1. The van der Waals surface area contributed by atoms with Crippen molar-refractivity contribution in [1.82, 2.24) is 0 Å². The molecule has 1 aromatic heterocycles. The van der Waals surface area contributed by atoms with Crippen molar-refractivity contribution in [2.45, 2.75) is 5.41 Å². The third kappa shape index (κ3) is 2.38. The Kier molecular flexibility index (Phi) is 3.80. The van der Waals surface area contributed by atoms with Gasteiger partial charge in [0.1, 0.15) is 11.2 Å². The maximum Gasteiger partial charge on any atom is 0.143 e. The molecule has 1 spiro atoms. The van der Waals surface area contributed by atoms with E-state index in [1.165, 1.54) is 49.9 Å². The van der Waals surface area contributed by atoms with Gasteiger partial charge in [0.25, 0.3) is 0 Å². The lowest BCUT2D eigenvalue weighted by molar-refractivity contribution is 0.669. The van der Waals surface area contributed by atoms with Crippen molar-refractivity contribution in [3.05, 3.63) is 141 Å². The van der Waals surface area contributed by atoms with Crippen LogP contribution < -0.4 is 0 Å². The van der Waals surface area contributed by atoms with Gasteiger partial charge in [0.2, 0.25) is 0 Å². The molecule has 5 aromatic carbocycles. The molecule has 0 radical (unpaired) electrons. The zero-order valence-electron chi connectivity index (χ0n) is 18.8. The predicted molar refractivity (Wildman–Crippen MR) is 148 cm³/mol. The van der Waals surface area contributed by atoms with Gasteiger partial charge in [0.15, 0.2) is 0 Å². The van der Waals surface area contributed by atoms with Gasteiger partial charge >= 0.3 is 0 Å². The molecule has 8 rings (SSSR count). The smallest absolute Gasteiger partial charge is 0.143 e. The van der Waals surface area contributed by atoms with Gasteiger partial charge in [-0.05, 0) is 57.1 Å². The average molecular weight is 511 g/mol. The lowest BCUT2D eigenvalue weighted by Crippen LogP contribution is -2.29. The first-order chi connectivity index (χ1) is 17.3. The molecule has 1 unspecified atom stereocenters. The summed E-state index contributed by atoms with van der Waals surface area (Å²) < 4.78 is 7.67. The van der Waals surface area contributed by atoms with E-state index in [2.05, 4.69) is 125 Å². The summed E-state index contributed by atoms with van der Waals surface area (Å²) in [5.41, 5.74) is 11.6. The number of furan rings is 1. The van der Waals surface area contributed by atoms with E-state index < -0.39 is 5.41 Å². The quantitative estimate of drug-likeness (QED) is 0.198. The van der Waals surface area contributed by atoms with Crippen LogP contribution in [0.5, 0.6) is 0 Å². The molecule has 2 heteroatoms. The van der Waals surface area contributed by atoms with Crippen LogP contribution >= 0.6 is 15.9 Å². The third-order valence-corrected chi connectivity index (χ3v) is 8.27. The van der Waals surface area contributed by atoms with Gasteiger partial charge in [-0.3, -0.25) is 0 Å². The molecule has 164 valence electrons. The average Bonchev–Trinajstić information content (AvgIpc) is 3.37. The molecule has 1 nitrogen and oxygen atoms in total. The fourth-order valence-corrected chi connectivity index (χ4v) is 6.82. The number of hydrogen-bond acceptors (Lipinski definition) is 1. The maximum atomic E-state index is 6.59. The maximum absolute atomic E-state index is 6.59. The fourth-order valence-electron chi connectivity index (χ4n) is 6.44. The Balaban J connectivity index is 1.62. The van der Waals surface area contributed by atoms with E-state index in [0.29, 0.717) is 0 Å². The van der Waals surface area contributed by atoms with Crippen molar-refractivity contribution in [1.29, 1.82) is 0 Å². The Morgan fingerprint density at radius 2 is 1.29 bits per heavy atom. The number of para-hydroxylation sites is 1. The Morgan fingerprint density at radius 3 is 2.23 bits per heavy atom. The largest absolute Gasteiger partial charge is 0.455 e. The van der Waals surface area contributed by atoms with Gasteiger partial charge in [-0.1, -0.05) is 113 Å². The van der Waals surface area contributed by atoms with E-state index in [1.807, 2.05) is 6.07 Å². The van der Waals surface area contributed by atoms with E-state index >= 15 is 0 Å². The molecule has 35 heavy (non-hydrogen) atoms. The lowest BCUT2D eigenvalue weighted by Gasteiger charge is -2.35. The van der Waals surface area contributed by atoms with Gasteiger partial charge in [-0.25, -0.2) is 0 Å². The van der Waals surface area contributed by atoms with Crippen molar-refractivity contribution in [2.75, 3.05) is 0 Å². The van der Waals surface area contributed by atoms with Gasteiger partial charge in [-0.15, -0.1) is 0 Å². The summed E-state index contributed by atoms with van der Waals surface area (Å²) in [5, 5.41) is 2.33.